The number of imide groups is 1. The van der Waals surface area contributed by atoms with Crippen molar-refractivity contribution < 1.29 is 77.7 Å². The van der Waals surface area contributed by atoms with Crippen molar-refractivity contribution in [2.24, 2.45) is 0 Å². The lowest BCUT2D eigenvalue weighted by atomic mass is 9.72. The lowest BCUT2D eigenvalue weighted by molar-refractivity contribution is -0.190. The fourth-order valence-electron chi connectivity index (χ4n) is 7.69. The van der Waals surface area contributed by atoms with Crippen molar-refractivity contribution in [1.29, 1.82) is 0 Å². The molecule has 5 N–H and O–H groups in total. The molecule has 0 aromatic heterocycles. The van der Waals surface area contributed by atoms with E-state index >= 15 is 0 Å². The molecule has 3 amide bonds. The number of phenolic OH excluding ortho intramolecular Hbond substituents is 1. The number of ketones is 3. The maximum Gasteiger partial charge on any atom is 0.410 e. The van der Waals surface area contributed by atoms with Gasteiger partial charge < -0.3 is 49.4 Å². The predicted octanol–water partition coefficient (Wildman–Crippen LogP) is 1.30. The number of rotatable bonds is 15. The summed E-state index contributed by atoms with van der Waals surface area (Å²) in [7, 11) is 1.33. The molecule has 1 saturated heterocycles. The van der Waals surface area contributed by atoms with E-state index in [1.54, 1.807) is 0 Å². The molecule has 0 radical (unpaired) electrons. The summed E-state index contributed by atoms with van der Waals surface area (Å²) in [5.41, 5.74) is -2.62. The molecule has 5 atom stereocenters. The summed E-state index contributed by atoms with van der Waals surface area (Å²) in [5.74, 6) is -4.22. The highest BCUT2D eigenvalue weighted by molar-refractivity contribution is 6.31. The van der Waals surface area contributed by atoms with Crippen LogP contribution in [0.25, 0.3) is 0 Å². The Hall–Kier alpha value is -5.69. The number of hydrogen-bond donors (Lipinski definition) is 5. The van der Waals surface area contributed by atoms with Crippen LogP contribution in [0.5, 0.6) is 17.2 Å². The zero-order chi connectivity index (χ0) is 41.9. The molecule has 2 aromatic carbocycles. The number of esters is 1. The number of amides is 3. The van der Waals surface area contributed by atoms with E-state index in [2.05, 4.69) is 5.32 Å². The van der Waals surface area contributed by atoms with Crippen molar-refractivity contribution in [3.63, 3.8) is 0 Å². The van der Waals surface area contributed by atoms with E-state index in [0.29, 0.717) is 19.3 Å². The average Bonchev–Trinajstić information content (AvgIpc) is 3.51. The second-order valence-electron chi connectivity index (χ2n) is 14.4. The van der Waals surface area contributed by atoms with Crippen LogP contribution in [-0.4, -0.2) is 124 Å². The van der Waals surface area contributed by atoms with Gasteiger partial charge in [-0.05, 0) is 38.7 Å². The molecule has 58 heavy (non-hydrogen) atoms. The second kappa shape index (κ2) is 17.4. The number of aromatic hydroxyl groups is 1. The predicted molar refractivity (Wildman–Crippen MR) is 196 cm³/mol. The molecular formula is C40H44N2O16. The Kier molecular flexibility index (Phi) is 12.6. The highest BCUT2D eigenvalue weighted by Crippen LogP contribution is 2.49. The molecule has 0 bridgehead atoms. The number of hydrogen-bond acceptors (Lipinski definition) is 16. The first-order chi connectivity index (χ1) is 27.7. The quantitative estimate of drug-likeness (QED) is 0.0627. The number of alkyl carbamates (subject to hydrolysis) is 1. The number of ether oxygens (including phenoxy) is 5. The third-order valence-corrected chi connectivity index (χ3v) is 10.8. The van der Waals surface area contributed by atoms with Crippen molar-refractivity contribution in [3.05, 3.63) is 63.7 Å². The van der Waals surface area contributed by atoms with Crippen LogP contribution in [0.2, 0.25) is 0 Å². The Labute approximate surface area is 331 Å². The summed E-state index contributed by atoms with van der Waals surface area (Å²) >= 11 is 0. The summed E-state index contributed by atoms with van der Waals surface area (Å²) in [6.45, 7) is 0.479. The molecule has 0 saturated carbocycles. The molecule has 1 fully saturated rings. The van der Waals surface area contributed by atoms with Gasteiger partial charge in [-0.15, -0.1) is 0 Å². The van der Waals surface area contributed by atoms with Crippen molar-refractivity contribution in [2.75, 3.05) is 27.1 Å². The van der Waals surface area contributed by atoms with E-state index in [-0.39, 0.29) is 89.8 Å². The zero-order valence-electron chi connectivity index (χ0n) is 31.8. The zero-order valence-corrected chi connectivity index (χ0v) is 31.8. The van der Waals surface area contributed by atoms with E-state index < -0.39 is 90.7 Å². The molecule has 2 aromatic rings. The molecule has 18 nitrogen and oxygen atoms in total. The molecule has 2 heterocycles. The number of methoxy groups -OCH3 is 1. The lowest BCUT2D eigenvalue weighted by Crippen LogP contribution is -2.56. The van der Waals surface area contributed by atoms with E-state index in [1.807, 2.05) is 0 Å². The van der Waals surface area contributed by atoms with Crippen LogP contribution in [0.1, 0.15) is 94.8 Å². The number of aliphatic hydroxyl groups is 3. The topological polar surface area (TPSA) is 262 Å². The largest absolute Gasteiger partial charge is 0.507 e. The Morgan fingerprint density at radius 3 is 2.41 bits per heavy atom. The number of fused-ring (bicyclic) bond motifs is 3. The first-order valence-electron chi connectivity index (χ1n) is 18.8. The minimum absolute atomic E-state index is 0.00424. The molecule has 2 aliphatic carbocycles. The summed E-state index contributed by atoms with van der Waals surface area (Å²) in [6, 6.07) is 3.34. The summed E-state index contributed by atoms with van der Waals surface area (Å²) in [6.07, 6.45) is -2.07. The monoisotopic (exact) mass is 808 g/mol. The summed E-state index contributed by atoms with van der Waals surface area (Å²) < 4.78 is 27.7. The maximum atomic E-state index is 14.3. The van der Waals surface area contributed by atoms with Gasteiger partial charge in [0.05, 0.1) is 42.6 Å². The number of nitrogens with one attached hydrogen (secondary N) is 1. The van der Waals surface area contributed by atoms with Gasteiger partial charge in [-0.2, -0.15) is 0 Å². The van der Waals surface area contributed by atoms with Crippen LogP contribution in [-0.2, 0) is 46.2 Å². The fourth-order valence-corrected chi connectivity index (χ4v) is 7.69. The van der Waals surface area contributed by atoms with Gasteiger partial charge in [-0.3, -0.25) is 33.7 Å². The van der Waals surface area contributed by atoms with E-state index in [9.17, 15) is 54.0 Å². The smallest absolute Gasteiger partial charge is 0.410 e. The average molecular weight is 809 g/mol. The Morgan fingerprint density at radius 1 is 0.966 bits per heavy atom. The second-order valence-corrected chi connectivity index (χ2v) is 14.4. The highest BCUT2D eigenvalue weighted by Gasteiger charge is 2.47. The van der Waals surface area contributed by atoms with Crippen LogP contribution < -0.4 is 14.8 Å². The van der Waals surface area contributed by atoms with Crippen molar-refractivity contribution in [3.8, 4) is 17.2 Å². The maximum absolute atomic E-state index is 14.3. The molecule has 6 rings (SSSR count). The first-order valence-corrected chi connectivity index (χ1v) is 18.8. The van der Waals surface area contributed by atoms with Gasteiger partial charge in [0.15, 0.2) is 11.6 Å². The van der Waals surface area contributed by atoms with Gasteiger partial charge >= 0.3 is 12.1 Å². The van der Waals surface area contributed by atoms with Crippen molar-refractivity contribution in [2.45, 2.75) is 94.9 Å². The van der Waals surface area contributed by atoms with Gasteiger partial charge in [-0.25, -0.2) is 4.79 Å². The molecule has 0 unspecified atom stereocenters. The Balaban J connectivity index is 1.15. The normalized spacial score (nSPS) is 23.5. The third-order valence-electron chi connectivity index (χ3n) is 10.8. The van der Waals surface area contributed by atoms with Crippen LogP contribution in [0, 0.1) is 0 Å². The van der Waals surface area contributed by atoms with E-state index in [0.717, 1.165) is 4.90 Å². The molecule has 0 spiro atoms. The molecule has 4 aliphatic rings. The number of benzene rings is 2. The molecule has 18 heteroatoms. The molecule has 2 aliphatic heterocycles. The van der Waals surface area contributed by atoms with Gasteiger partial charge in [0.2, 0.25) is 18.9 Å². The van der Waals surface area contributed by atoms with E-state index in [1.165, 1.54) is 44.4 Å². The summed E-state index contributed by atoms with van der Waals surface area (Å²) in [4.78, 5) is 90.6. The molecule has 310 valence electrons. The lowest BCUT2D eigenvalue weighted by Gasteiger charge is -2.40. The fraction of sp³-hybridized carbons (Fsp3) is 0.475. The third kappa shape index (κ3) is 8.31. The number of carbonyl (C=O) groups excluding carboxylic acids is 7. The van der Waals surface area contributed by atoms with Gasteiger partial charge in [0.25, 0.3) is 11.8 Å². The number of aliphatic hydroxyl groups excluding tert-OH is 2. The van der Waals surface area contributed by atoms with Crippen LogP contribution in [0.3, 0.4) is 0 Å². The van der Waals surface area contributed by atoms with E-state index in [4.69, 9.17) is 23.7 Å². The van der Waals surface area contributed by atoms with Crippen LogP contribution >= 0.6 is 0 Å². The minimum Gasteiger partial charge on any atom is -0.507 e. The highest BCUT2D eigenvalue weighted by atomic mass is 16.7. The van der Waals surface area contributed by atoms with Crippen molar-refractivity contribution >= 4 is 41.2 Å². The van der Waals surface area contributed by atoms with Gasteiger partial charge in [0.1, 0.15) is 29.0 Å². The SMILES string of the molecule is COc1cccc2c1C(=O)c1c(O[C@H]3C[C@H](NC(=O)OCOC(=O)CCCCCN4C(=O)C=CC4=O)[C@H](O)[C@H](C)O3)c3c(c(O)c1C2=O)C[C@@](O)(C(=O)CCO)CC3. The number of Topliss-reactive ketones (excluding diaryl/α,β-unsaturated/α-hetero) is 1. The standard InChI is InChI=1S/C40H44N2O16/c1-20-34(48)24(41-39(52)56-19-55-29(47)9-4-3-5-15-42-27(45)10-11-28(42)46)17-30(57-20)58-38-21-12-14-40(53,26(44)13-16-43)18-23(21)36(50)32-33(38)37(51)31-22(35(32)49)7-6-8-25(31)54-2/h6-8,10-11,20,24,30,34,43,48,50,53H,3-5,9,12-19H2,1-2H3,(H,41,52)/t20-,24-,30-,34+,40+/m0/s1. The number of unbranched alkanes of at least 4 members (excludes halogenated alkanes) is 2. The molecular weight excluding hydrogens is 764 g/mol. The van der Waals surface area contributed by atoms with Crippen LogP contribution in [0.15, 0.2) is 30.4 Å². The summed E-state index contributed by atoms with van der Waals surface area (Å²) in [5, 5.41) is 45.8. The minimum atomic E-state index is -2.00. The van der Waals surface area contributed by atoms with Gasteiger partial charge in [0, 0.05) is 61.1 Å². The Bertz CT molecular complexity index is 2040. The number of nitrogens with zero attached hydrogens (tertiary/aromatic N) is 1. The Morgan fingerprint density at radius 2 is 1.71 bits per heavy atom. The number of phenols is 1. The number of carbonyl (C=O) groups is 7. The van der Waals surface area contributed by atoms with Crippen molar-refractivity contribution in [1.82, 2.24) is 10.2 Å². The van der Waals surface area contributed by atoms with Crippen LogP contribution in [0.4, 0.5) is 4.79 Å². The first kappa shape index (κ1) is 41.9. The van der Waals surface area contributed by atoms with Gasteiger partial charge in [-0.1, -0.05) is 18.6 Å².